The summed E-state index contributed by atoms with van der Waals surface area (Å²) in [6.45, 7) is 4.09. The predicted molar refractivity (Wildman–Crippen MR) is 83.9 cm³/mol. The van der Waals surface area contributed by atoms with E-state index in [2.05, 4.69) is 12.2 Å². The van der Waals surface area contributed by atoms with Gasteiger partial charge in [-0.3, -0.25) is 4.79 Å². The molecule has 1 atom stereocenters. The number of rotatable bonds is 9. The maximum Gasteiger partial charge on any atom is 0.391 e. The van der Waals surface area contributed by atoms with Crippen LogP contribution < -0.4 is 9.84 Å². The van der Waals surface area contributed by atoms with Crippen LogP contribution in [0.4, 0.5) is 0 Å². The van der Waals surface area contributed by atoms with Crippen molar-refractivity contribution >= 4 is 14.5 Å². The third kappa shape index (κ3) is 8.00. The average molecular weight is 313 g/mol. The van der Waals surface area contributed by atoms with Crippen molar-refractivity contribution < 1.29 is 19.1 Å². The van der Waals surface area contributed by atoms with Gasteiger partial charge in [-0.25, -0.2) is 0 Å². The van der Waals surface area contributed by atoms with E-state index in [9.17, 15) is 4.79 Å². The summed E-state index contributed by atoms with van der Waals surface area (Å²) in [6, 6.07) is 7.15. The second kappa shape index (κ2) is 9.72. The summed E-state index contributed by atoms with van der Waals surface area (Å²) in [4.78, 5) is 29.2. The van der Waals surface area contributed by atoms with Gasteiger partial charge in [0, 0.05) is 12.5 Å². The predicted octanol–water partition coefficient (Wildman–Crippen LogP) is 2.90. The Labute approximate surface area is 127 Å². The molecular formula is C15H24NO4P. The van der Waals surface area contributed by atoms with Crippen LogP contribution in [0.2, 0.25) is 0 Å². The molecule has 6 heteroatoms. The Hall–Kier alpha value is -1.16. The van der Waals surface area contributed by atoms with Crippen molar-refractivity contribution in [1.82, 2.24) is 5.32 Å². The normalized spacial score (nSPS) is 12.2. The van der Waals surface area contributed by atoms with Crippen LogP contribution in [-0.4, -0.2) is 21.7 Å². The van der Waals surface area contributed by atoms with Crippen LogP contribution in [0.15, 0.2) is 24.3 Å². The number of hydrogen-bond acceptors (Lipinski definition) is 4. The summed E-state index contributed by atoms with van der Waals surface area (Å²) < 4.78 is 4.80. The Morgan fingerprint density at radius 1 is 1.29 bits per heavy atom. The Kier molecular flexibility index (Phi) is 8.28. The Morgan fingerprint density at radius 2 is 1.95 bits per heavy atom. The van der Waals surface area contributed by atoms with Gasteiger partial charge in [0.1, 0.15) is 5.75 Å². The van der Waals surface area contributed by atoms with Gasteiger partial charge < -0.3 is 19.6 Å². The van der Waals surface area contributed by atoms with Crippen molar-refractivity contribution in [3.05, 3.63) is 29.8 Å². The topological polar surface area (TPSA) is 78.8 Å². The molecule has 0 aliphatic heterocycles. The number of nitrogens with one attached hydrogen (secondary N) is 1. The molecule has 1 amide bonds. The molecule has 0 radical (unpaired) electrons. The van der Waals surface area contributed by atoms with E-state index in [1.165, 1.54) is 0 Å². The number of benzene rings is 1. The summed E-state index contributed by atoms with van der Waals surface area (Å²) in [6.07, 6.45) is 4.45. The summed E-state index contributed by atoms with van der Waals surface area (Å²) in [5, 5.41) is 2.99. The Balaban J connectivity index is 2.36. The Bertz CT molecular complexity index is 422. The minimum atomic E-state index is -2.38. The largest absolute Gasteiger partial charge is 0.427 e. The van der Waals surface area contributed by atoms with Gasteiger partial charge in [0.2, 0.25) is 5.91 Å². The number of carbonyl (C=O) groups excluding carboxylic acids is 1. The number of amides is 1. The lowest BCUT2D eigenvalue weighted by molar-refractivity contribution is -0.121. The lowest BCUT2D eigenvalue weighted by Crippen LogP contribution is -2.33. The fraction of sp³-hybridized carbons (Fsp3) is 0.533. The van der Waals surface area contributed by atoms with Gasteiger partial charge in [0.25, 0.3) is 0 Å². The highest BCUT2D eigenvalue weighted by molar-refractivity contribution is 7.39. The maximum absolute atomic E-state index is 11.7. The van der Waals surface area contributed by atoms with E-state index in [0.29, 0.717) is 12.2 Å². The molecule has 0 saturated heterocycles. The molecule has 118 valence electrons. The van der Waals surface area contributed by atoms with Crippen molar-refractivity contribution in [1.29, 1.82) is 0 Å². The van der Waals surface area contributed by atoms with Crippen LogP contribution in [0.1, 0.15) is 45.1 Å². The molecule has 1 unspecified atom stereocenters. The van der Waals surface area contributed by atoms with Gasteiger partial charge in [0.05, 0.1) is 0 Å². The van der Waals surface area contributed by atoms with E-state index in [4.69, 9.17) is 14.3 Å². The van der Waals surface area contributed by atoms with Gasteiger partial charge in [-0.1, -0.05) is 31.9 Å². The molecule has 1 aromatic rings. The highest BCUT2D eigenvalue weighted by Gasteiger charge is 2.08. The third-order valence-corrected chi connectivity index (χ3v) is 3.44. The first-order valence-corrected chi connectivity index (χ1v) is 8.42. The van der Waals surface area contributed by atoms with Gasteiger partial charge in [0.15, 0.2) is 0 Å². The average Bonchev–Trinajstić information content (AvgIpc) is 2.40. The maximum atomic E-state index is 11.7. The molecule has 0 aromatic heterocycles. The third-order valence-electron chi connectivity index (χ3n) is 3.07. The quantitative estimate of drug-likeness (QED) is 0.484. The number of hydrogen-bond donors (Lipinski definition) is 3. The van der Waals surface area contributed by atoms with E-state index >= 15 is 0 Å². The number of unbranched alkanes of at least 4 members (excludes halogenated alkanes) is 2. The van der Waals surface area contributed by atoms with Crippen LogP contribution in [0.5, 0.6) is 5.75 Å². The lowest BCUT2D eigenvalue weighted by Gasteiger charge is -2.14. The molecule has 0 heterocycles. The molecular weight excluding hydrogens is 289 g/mol. The summed E-state index contributed by atoms with van der Waals surface area (Å²) in [5.74, 6) is 0.522. The molecule has 0 bridgehead atoms. The monoisotopic (exact) mass is 313 g/mol. The zero-order valence-electron chi connectivity index (χ0n) is 12.6. The minimum absolute atomic E-state index is 0.0682. The highest BCUT2D eigenvalue weighted by atomic mass is 31.2. The van der Waals surface area contributed by atoms with E-state index in [-0.39, 0.29) is 11.9 Å². The summed E-state index contributed by atoms with van der Waals surface area (Å²) in [7, 11) is -2.38. The molecule has 0 saturated carbocycles. The van der Waals surface area contributed by atoms with Crippen molar-refractivity contribution in [3.8, 4) is 5.75 Å². The molecule has 1 aromatic carbocycles. The molecule has 3 N–H and O–H groups in total. The van der Waals surface area contributed by atoms with Crippen molar-refractivity contribution in [2.45, 2.75) is 52.0 Å². The lowest BCUT2D eigenvalue weighted by atomic mass is 10.1. The molecule has 5 nitrogen and oxygen atoms in total. The first-order chi connectivity index (χ1) is 10.0. The van der Waals surface area contributed by atoms with Gasteiger partial charge in [-0.2, -0.15) is 0 Å². The van der Waals surface area contributed by atoms with Gasteiger partial charge in [-0.05, 0) is 37.5 Å². The zero-order valence-corrected chi connectivity index (χ0v) is 13.5. The molecule has 1 rings (SSSR count). The van der Waals surface area contributed by atoms with Crippen LogP contribution in [0.25, 0.3) is 0 Å². The molecule has 21 heavy (non-hydrogen) atoms. The van der Waals surface area contributed by atoms with E-state index in [1.807, 2.05) is 19.1 Å². The fourth-order valence-electron chi connectivity index (χ4n) is 2.07. The smallest absolute Gasteiger partial charge is 0.391 e. The molecule has 0 fully saturated rings. The summed E-state index contributed by atoms with van der Waals surface area (Å²) >= 11 is 0. The fourth-order valence-corrected chi connectivity index (χ4v) is 2.38. The van der Waals surface area contributed by atoms with Crippen molar-refractivity contribution in [3.63, 3.8) is 0 Å². The highest BCUT2D eigenvalue weighted by Crippen LogP contribution is 2.28. The van der Waals surface area contributed by atoms with Gasteiger partial charge in [-0.15, -0.1) is 0 Å². The molecule has 0 aliphatic rings. The standard InChI is InChI=1S/C15H24NO4P/c1-3-4-5-6-15(17)16-12(2)11-13-7-9-14(10-8-13)20-21(18)19/h7-10,12,18-19H,3-6,11H2,1-2H3,(H,16,17). The SMILES string of the molecule is CCCCCC(=O)NC(C)Cc1ccc(OP(O)O)cc1. The van der Waals surface area contributed by atoms with E-state index < -0.39 is 8.60 Å². The first-order valence-electron chi connectivity index (χ1n) is 7.25. The van der Waals surface area contributed by atoms with Crippen LogP contribution >= 0.6 is 8.60 Å². The second-order valence-corrected chi connectivity index (χ2v) is 5.81. The molecule has 0 spiro atoms. The van der Waals surface area contributed by atoms with Gasteiger partial charge >= 0.3 is 8.60 Å². The van der Waals surface area contributed by atoms with E-state index in [0.717, 1.165) is 31.2 Å². The van der Waals surface area contributed by atoms with Crippen molar-refractivity contribution in [2.75, 3.05) is 0 Å². The van der Waals surface area contributed by atoms with Crippen LogP contribution in [0, 0.1) is 0 Å². The second-order valence-electron chi connectivity index (χ2n) is 5.12. The number of carbonyl (C=O) groups is 1. The minimum Gasteiger partial charge on any atom is -0.427 e. The Morgan fingerprint density at radius 3 is 2.52 bits per heavy atom. The van der Waals surface area contributed by atoms with Crippen LogP contribution in [0.3, 0.4) is 0 Å². The van der Waals surface area contributed by atoms with Crippen LogP contribution in [-0.2, 0) is 11.2 Å². The summed E-state index contributed by atoms with van der Waals surface area (Å²) in [5.41, 5.74) is 1.06. The van der Waals surface area contributed by atoms with Crippen molar-refractivity contribution in [2.24, 2.45) is 0 Å². The first kappa shape index (κ1) is 17.9. The zero-order chi connectivity index (χ0) is 15.7. The van der Waals surface area contributed by atoms with E-state index in [1.54, 1.807) is 12.1 Å². The molecule has 0 aliphatic carbocycles.